The average molecular weight is 404 g/mol. The Bertz CT molecular complexity index is 1150. The summed E-state index contributed by atoms with van der Waals surface area (Å²) in [6.07, 6.45) is 2.38. The van der Waals surface area contributed by atoms with Crippen molar-refractivity contribution in [2.24, 2.45) is 0 Å². The van der Waals surface area contributed by atoms with Gasteiger partial charge < -0.3 is 14.8 Å². The molecule has 0 atom stereocenters. The summed E-state index contributed by atoms with van der Waals surface area (Å²) in [6.45, 7) is 2.27. The summed E-state index contributed by atoms with van der Waals surface area (Å²) in [5.41, 5.74) is 0.352. The quantitative estimate of drug-likeness (QED) is 0.276. The first-order valence-electron chi connectivity index (χ1n) is 9.15. The molecule has 2 aromatic rings. The van der Waals surface area contributed by atoms with Crippen molar-refractivity contribution in [3.8, 4) is 11.5 Å². The van der Waals surface area contributed by atoms with Crippen LogP contribution in [0, 0.1) is 0 Å². The van der Waals surface area contributed by atoms with Gasteiger partial charge in [0, 0.05) is 11.8 Å². The minimum Gasteiger partial charge on any atom is -0.493 e. The van der Waals surface area contributed by atoms with Crippen molar-refractivity contribution in [1.29, 1.82) is 0 Å². The molecule has 0 bridgehead atoms. The first-order valence-corrected chi connectivity index (χ1v) is 9.15. The number of ether oxygens (including phenoxy) is 2. The molecule has 30 heavy (non-hydrogen) atoms. The number of imide groups is 1. The van der Waals surface area contributed by atoms with Gasteiger partial charge in [0.2, 0.25) is 5.78 Å². The van der Waals surface area contributed by atoms with Gasteiger partial charge in [0.15, 0.2) is 0 Å². The van der Waals surface area contributed by atoms with Gasteiger partial charge in [-0.05, 0) is 31.2 Å². The third-order valence-electron chi connectivity index (χ3n) is 4.49. The Morgan fingerprint density at radius 2 is 1.77 bits per heavy atom. The van der Waals surface area contributed by atoms with Crippen molar-refractivity contribution in [2.75, 3.05) is 6.61 Å². The third-order valence-corrected chi connectivity index (χ3v) is 4.49. The minimum absolute atomic E-state index is 0.0129. The lowest BCUT2D eigenvalue weighted by atomic mass is 10.0. The zero-order valence-electron chi connectivity index (χ0n) is 15.9. The number of fused-ring (bicyclic) bond motifs is 1. The zero-order valence-corrected chi connectivity index (χ0v) is 15.9. The van der Waals surface area contributed by atoms with Gasteiger partial charge in [-0.1, -0.05) is 30.3 Å². The molecule has 8 nitrogen and oxygen atoms in total. The second kappa shape index (κ2) is 7.67. The van der Waals surface area contributed by atoms with Crippen LogP contribution in [0.5, 0.6) is 11.5 Å². The van der Waals surface area contributed by atoms with Crippen molar-refractivity contribution in [2.45, 2.75) is 6.92 Å². The maximum absolute atomic E-state index is 12.7. The highest BCUT2D eigenvalue weighted by Crippen LogP contribution is 2.28. The molecular weight excluding hydrogens is 388 g/mol. The molecule has 0 aromatic heterocycles. The topological polar surface area (TPSA) is 102 Å². The fourth-order valence-electron chi connectivity index (χ4n) is 3.08. The highest BCUT2D eigenvalue weighted by atomic mass is 16.5. The number of carbonyl (C=O) groups excluding carboxylic acids is 4. The summed E-state index contributed by atoms with van der Waals surface area (Å²) in [5.74, 6) is -1.58. The average Bonchev–Trinajstić information content (AvgIpc) is 2.99. The molecule has 0 saturated carbocycles. The predicted molar refractivity (Wildman–Crippen MR) is 105 cm³/mol. The van der Waals surface area contributed by atoms with Crippen LogP contribution in [0.15, 0.2) is 66.0 Å². The number of urea groups is 1. The molecule has 1 saturated heterocycles. The molecule has 0 spiro atoms. The number of ketones is 1. The van der Waals surface area contributed by atoms with Gasteiger partial charge >= 0.3 is 12.0 Å². The zero-order chi connectivity index (χ0) is 21.3. The second-order valence-corrected chi connectivity index (χ2v) is 6.39. The Kier molecular flexibility index (Phi) is 4.89. The molecular formula is C22H16N2O6. The highest BCUT2D eigenvalue weighted by Gasteiger charge is 2.37. The van der Waals surface area contributed by atoms with Gasteiger partial charge in [0.25, 0.3) is 5.91 Å². The van der Waals surface area contributed by atoms with Crippen LogP contribution in [0.4, 0.5) is 4.79 Å². The second-order valence-electron chi connectivity index (χ2n) is 6.39. The van der Waals surface area contributed by atoms with E-state index in [1.165, 1.54) is 18.2 Å². The van der Waals surface area contributed by atoms with E-state index in [9.17, 15) is 19.2 Å². The van der Waals surface area contributed by atoms with Crippen molar-refractivity contribution in [1.82, 2.24) is 10.2 Å². The van der Waals surface area contributed by atoms with Crippen molar-refractivity contribution >= 4 is 29.8 Å². The Labute approximate surface area is 171 Å². The number of para-hydroxylation sites is 2. The summed E-state index contributed by atoms with van der Waals surface area (Å²) in [5, 5.41) is 2.44. The van der Waals surface area contributed by atoms with Crippen LogP contribution in [0.2, 0.25) is 0 Å². The molecule has 150 valence electrons. The Morgan fingerprint density at radius 1 is 1.03 bits per heavy atom. The molecule has 0 unspecified atom stereocenters. The first-order chi connectivity index (χ1) is 14.5. The molecule has 2 heterocycles. The van der Waals surface area contributed by atoms with Crippen LogP contribution in [0.1, 0.15) is 22.8 Å². The van der Waals surface area contributed by atoms with E-state index in [0.29, 0.717) is 22.8 Å². The van der Waals surface area contributed by atoms with Gasteiger partial charge in [0.05, 0.1) is 12.2 Å². The largest absolute Gasteiger partial charge is 0.493 e. The van der Waals surface area contributed by atoms with E-state index < -0.39 is 29.3 Å². The number of carbonyl (C=O) groups is 4. The SMILES string of the molecule is CCOc1ccccc1C=C1NC(=O)N(C=C2C(=O)Oc3ccccc3C2=O)C1=O. The first kappa shape index (κ1) is 19.1. The number of hydrogen-bond acceptors (Lipinski definition) is 6. The smallest absolute Gasteiger partial charge is 0.349 e. The Morgan fingerprint density at radius 3 is 2.57 bits per heavy atom. The van der Waals surface area contributed by atoms with E-state index in [4.69, 9.17) is 9.47 Å². The number of nitrogens with zero attached hydrogens (tertiary/aromatic N) is 1. The minimum atomic E-state index is -0.932. The molecule has 0 radical (unpaired) electrons. The van der Waals surface area contributed by atoms with E-state index >= 15 is 0 Å². The number of benzene rings is 2. The molecule has 1 fully saturated rings. The van der Waals surface area contributed by atoms with E-state index in [0.717, 1.165) is 6.20 Å². The number of esters is 1. The number of hydrogen-bond donors (Lipinski definition) is 1. The van der Waals surface area contributed by atoms with Crippen LogP contribution in [-0.2, 0) is 9.59 Å². The third kappa shape index (κ3) is 3.35. The van der Waals surface area contributed by atoms with Gasteiger partial charge in [-0.3, -0.25) is 9.59 Å². The number of Topliss-reactive ketones (excluding diaryl/α,β-unsaturated/α-hetero) is 1. The Balaban J connectivity index is 1.66. The summed E-state index contributed by atoms with van der Waals surface area (Å²) in [7, 11) is 0. The van der Waals surface area contributed by atoms with Crippen LogP contribution >= 0.6 is 0 Å². The van der Waals surface area contributed by atoms with Crippen LogP contribution < -0.4 is 14.8 Å². The van der Waals surface area contributed by atoms with E-state index in [-0.39, 0.29) is 17.0 Å². The van der Waals surface area contributed by atoms with Gasteiger partial charge in [-0.25, -0.2) is 14.5 Å². The summed E-state index contributed by atoms with van der Waals surface area (Å²) in [6, 6.07) is 12.5. The van der Waals surface area contributed by atoms with Gasteiger partial charge in [0.1, 0.15) is 22.8 Å². The standard InChI is InChI=1S/C22H16N2O6/c1-2-29-17-9-5-3-7-13(17)11-16-20(26)24(22(28)23-16)12-15-19(25)14-8-4-6-10-18(14)30-21(15)27/h3-12H,2H2,1H3,(H,23,28). The summed E-state index contributed by atoms with van der Waals surface area (Å²) < 4.78 is 10.7. The summed E-state index contributed by atoms with van der Waals surface area (Å²) >= 11 is 0. The number of nitrogens with one attached hydrogen (secondary N) is 1. The fourth-order valence-corrected chi connectivity index (χ4v) is 3.08. The number of rotatable bonds is 4. The van der Waals surface area contributed by atoms with Crippen molar-refractivity contribution in [3.05, 3.63) is 77.1 Å². The van der Waals surface area contributed by atoms with E-state index in [2.05, 4.69) is 5.32 Å². The van der Waals surface area contributed by atoms with Gasteiger partial charge in [-0.15, -0.1) is 0 Å². The monoisotopic (exact) mass is 404 g/mol. The maximum Gasteiger partial charge on any atom is 0.349 e. The van der Waals surface area contributed by atoms with E-state index in [1.54, 1.807) is 36.4 Å². The van der Waals surface area contributed by atoms with Crippen LogP contribution in [0.3, 0.4) is 0 Å². The molecule has 4 rings (SSSR count). The molecule has 3 amide bonds. The molecule has 1 N–H and O–H groups in total. The lowest BCUT2D eigenvalue weighted by Crippen LogP contribution is -2.31. The van der Waals surface area contributed by atoms with Crippen molar-refractivity contribution in [3.63, 3.8) is 0 Å². The summed E-state index contributed by atoms with van der Waals surface area (Å²) in [4.78, 5) is 50.7. The molecule has 8 heteroatoms. The molecule has 2 aliphatic heterocycles. The normalized spacial score (nSPS) is 18.5. The molecule has 2 aliphatic rings. The lowest BCUT2D eigenvalue weighted by Gasteiger charge is -2.17. The highest BCUT2D eigenvalue weighted by molar-refractivity contribution is 6.28. The fraction of sp³-hybridized carbons (Fsp3) is 0.0909. The number of amides is 3. The van der Waals surface area contributed by atoms with Crippen LogP contribution in [0.25, 0.3) is 6.08 Å². The predicted octanol–water partition coefficient (Wildman–Crippen LogP) is 2.66. The van der Waals surface area contributed by atoms with Crippen molar-refractivity contribution < 1.29 is 28.7 Å². The van der Waals surface area contributed by atoms with E-state index in [1.807, 2.05) is 6.92 Å². The lowest BCUT2D eigenvalue weighted by molar-refractivity contribution is -0.130. The Hall–Kier alpha value is -4.20. The molecule has 0 aliphatic carbocycles. The van der Waals surface area contributed by atoms with Gasteiger partial charge in [-0.2, -0.15) is 0 Å². The molecule has 2 aromatic carbocycles. The van der Waals surface area contributed by atoms with Crippen LogP contribution in [-0.4, -0.2) is 35.2 Å². The maximum atomic E-state index is 12.7.